The second-order valence-electron chi connectivity index (χ2n) is 4.17. The first-order valence-corrected chi connectivity index (χ1v) is 5.31. The smallest absolute Gasteiger partial charge is 0.123 e. The Bertz CT molecular complexity index is 500. The van der Waals surface area contributed by atoms with Gasteiger partial charge in [0.15, 0.2) is 0 Å². The lowest BCUT2D eigenvalue weighted by molar-refractivity contribution is 0.0525. The Morgan fingerprint density at radius 3 is 2.82 bits per heavy atom. The van der Waals surface area contributed by atoms with Crippen LogP contribution in [-0.2, 0) is 12.0 Å². The molecule has 0 aliphatic carbocycles. The Morgan fingerprint density at radius 2 is 2.18 bits per heavy atom. The molecule has 1 aromatic heterocycles. The van der Waals surface area contributed by atoms with E-state index in [2.05, 4.69) is 9.97 Å². The van der Waals surface area contributed by atoms with Crippen LogP contribution in [0.3, 0.4) is 0 Å². The SMILES string of the molecule is CC(O)(Cc1cccc(F)c1)c1cnccn1. The molecular weight excluding hydrogens is 219 g/mol. The highest BCUT2D eigenvalue weighted by Gasteiger charge is 2.25. The molecule has 2 aromatic rings. The first kappa shape index (κ1) is 11.7. The summed E-state index contributed by atoms with van der Waals surface area (Å²) in [5.41, 5.74) is 0.0483. The van der Waals surface area contributed by atoms with Crippen LogP contribution in [0.5, 0.6) is 0 Å². The van der Waals surface area contributed by atoms with E-state index in [0.717, 1.165) is 5.56 Å². The average molecular weight is 232 g/mol. The molecule has 2 rings (SSSR count). The van der Waals surface area contributed by atoms with Crippen molar-refractivity contribution >= 4 is 0 Å². The van der Waals surface area contributed by atoms with Gasteiger partial charge >= 0.3 is 0 Å². The van der Waals surface area contributed by atoms with Gasteiger partial charge in [-0.15, -0.1) is 0 Å². The van der Waals surface area contributed by atoms with Crippen molar-refractivity contribution in [1.29, 1.82) is 0 Å². The van der Waals surface area contributed by atoms with Gasteiger partial charge in [-0.2, -0.15) is 0 Å². The second-order valence-corrected chi connectivity index (χ2v) is 4.17. The van der Waals surface area contributed by atoms with Crippen LogP contribution in [0, 0.1) is 5.82 Å². The molecule has 3 nitrogen and oxygen atoms in total. The Hall–Kier alpha value is -1.81. The molecule has 0 saturated heterocycles. The van der Waals surface area contributed by atoms with E-state index >= 15 is 0 Å². The van der Waals surface area contributed by atoms with Gasteiger partial charge in [0.25, 0.3) is 0 Å². The summed E-state index contributed by atoms with van der Waals surface area (Å²) in [5, 5.41) is 10.3. The van der Waals surface area contributed by atoms with Gasteiger partial charge in [0.2, 0.25) is 0 Å². The quantitative estimate of drug-likeness (QED) is 0.881. The molecule has 0 bridgehead atoms. The van der Waals surface area contributed by atoms with E-state index in [9.17, 15) is 9.50 Å². The maximum Gasteiger partial charge on any atom is 0.123 e. The normalized spacial score (nSPS) is 14.3. The number of aliphatic hydroxyl groups is 1. The minimum Gasteiger partial charge on any atom is -0.383 e. The molecule has 0 amide bonds. The number of rotatable bonds is 3. The van der Waals surface area contributed by atoms with Crippen LogP contribution in [0.4, 0.5) is 4.39 Å². The maximum atomic E-state index is 13.0. The monoisotopic (exact) mass is 232 g/mol. The zero-order valence-electron chi connectivity index (χ0n) is 9.47. The third kappa shape index (κ3) is 2.85. The van der Waals surface area contributed by atoms with Gasteiger partial charge < -0.3 is 5.11 Å². The summed E-state index contributed by atoms with van der Waals surface area (Å²) in [5.74, 6) is -0.308. The number of benzene rings is 1. The molecule has 1 N–H and O–H groups in total. The minimum absolute atomic E-state index is 0.295. The average Bonchev–Trinajstić information content (AvgIpc) is 2.29. The summed E-state index contributed by atoms with van der Waals surface area (Å²) in [4.78, 5) is 7.98. The standard InChI is InChI=1S/C13H13FN2O/c1-13(17,12-9-15-5-6-16-12)8-10-3-2-4-11(14)7-10/h2-7,9,17H,8H2,1H3. The van der Waals surface area contributed by atoms with Crippen molar-refractivity contribution < 1.29 is 9.50 Å². The van der Waals surface area contributed by atoms with Gasteiger partial charge in [-0.05, 0) is 24.6 Å². The fourth-order valence-electron chi connectivity index (χ4n) is 1.71. The molecule has 1 heterocycles. The van der Waals surface area contributed by atoms with E-state index < -0.39 is 5.60 Å². The van der Waals surface area contributed by atoms with Crippen molar-refractivity contribution in [2.75, 3.05) is 0 Å². The lowest BCUT2D eigenvalue weighted by Gasteiger charge is -2.22. The summed E-state index contributed by atoms with van der Waals surface area (Å²) < 4.78 is 13.0. The molecule has 0 aliphatic heterocycles. The molecule has 1 aromatic carbocycles. The summed E-state index contributed by atoms with van der Waals surface area (Å²) >= 11 is 0. The Kier molecular flexibility index (Phi) is 3.15. The van der Waals surface area contributed by atoms with Gasteiger partial charge in [0.05, 0.1) is 11.9 Å². The zero-order valence-corrected chi connectivity index (χ0v) is 9.47. The van der Waals surface area contributed by atoms with Crippen LogP contribution >= 0.6 is 0 Å². The van der Waals surface area contributed by atoms with Crippen molar-refractivity contribution in [3.63, 3.8) is 0 Å². The summed E-state index contributed by atoms with van der Waals surface area (Å²) in [6, 6.07) is 6.18. The first-order valence-electron chi connectivity index (χ1n) is 5.31. The summed E-state index contributed by atoms with van der Waals surface area (Å²) in [6.07, 6.45) is 4.87. The van der Waals surface area contributed by atoms with Gasteiger partial charge in [-0.1, -0.05) is 12.1 Å². The molecule has 1 unspecified atom stereocenters. The second kappa shape index (κ2) is 4.59. The molecule has 4 heteroatoms. The topological polar surface area (TPSA) is 46.0 Å². The predicted octanol–water partition coefficient (Wildman–Crippen LogP) is 2.07. The lowest BCUT2D eigenvalue weighted by atomic mass is 9.93. The lowest BCUT2D eigenvalue weighted by Crippen LogP contribution is -2.25. The van der Waals surface area contributed by atoms with Crippen LogP contribution in [0.2, 0.25) is 0 Å². The Balaban J connectivity index is 2.23. The minimum atomic E-state index is -1.15. The van der Waals surface area contributed by atoms with Crippen LogP contribution in [0.15, 0.2) is 42.9 Å². The highest BCUT2D eigenvalue weighted by atomic mass is 19.1. The van der Waals surface area contributed by atoms with Crippen molar-refractivity contribution in [3.05, 3.63) is 59.9 Å². The molecule has 1 atom stereocenters. The van der Waals surface area contributed by atoms with E-state index in [1.807, 2.05) is 0 Å². The third-order valence-corrected chi connectivity index (χ3v) is 2.55. The highest BCUT2D eigenvalue weighted by Crippen LogP contribution is 2.23. The van der Waals surface area contributed by atoms with E-state index in [1.165, 1.54) is 24.5 Å². The number of hydrogen-bond acceptors (Lipinski definition) is 3. The molecule has 0 saturated carbocycles. The number of nitrogens with zero attached hydrogens (tertiary/aromatic N) is 2. The van der Waals surface area contributed by atoms with Crippen molar-refractivity contribution in [1.82, 2.24) is 9.97 Å². The third-order valence-electron chi connectivity index (χ3n) is 2.55. The molecular formula is C13H13FN2O. The number of halogens is 1. The van der Waals surface area contributed by atoms with E-state index in [1.54, 1.807) is 25.3 Å². The van der Waals surface area contributed by atoms with Crippen molar-refractivity contribution in [2.45, 2.75) is 18.9 Å². The van der Waals surface area contributed by atoms with Crippen LogP contribution in [0.25, 0.3) is 0 Å². The Morgan fingerprint density at radius 1 is 1.35 bits per heavy atom. The van der Waals surface area contributed by atoms with Crippen molar-refractivity contribution in [3.8, 4) is 0 Å². The zero-order chi connectivity index (χ0) is 12.3. The molecule has 0 spiro atoms. The van der Waals surface area contributed by atoms with E-state index in [0.29, 0.717) is 12.1 Å². The molecule has 17 heavy (non-hydrogen) atoms. The van der Waals surface area contributed by atoms with Gasteiger partial charge in [0.1, 0.15) is 11.4 Å². The molecule has 0 aliphatic rings. The maximum absolute atomic E-state index is 13.0. The van der Waals surface area contributed by atoms with Gasteiger partial charge in [-0.25, -0.2) is 4.39 Å². The summed E-state index contributed by atoms with van der Waals surface area (Å²) in [7, 11) is 0. The van der Waals surface area contributed by atoms with Crippen LogP contribution in [0.1, 0.15) is 18.2 Å². The van der Waals surface area contributed by atoms with E-state index in [-0.39, 0.29) is 5.82 Å². The molecule has 0 fully saturated rings. The van der Waals surface area contributed by atoms with Crippen LogP contribution < -0.4 is 0 Å². The summed E-state index contributed by atoms with van der Waals surface area (Å²) in [6.45, 7) is 1.64. The number of hydrogen-bond donors (Lipinski definition) is 1. The fourth-order valence-corrected chi connectivity index (χ4v) is 1.71. The highest BCUT2D eigenvalue weighted by molar-refractivity contribution is 5.21. The predicted molar refractivity (Wildman–Crippen MR) is 61.7 cm³/mol. The Labute approximate surface area is 99.0 Å². The fraction of sp³-hybridized carbons (Fsp3) is 0.231. The molecule has 0 radical (unpaired) electrons. The van der Waals surface area contributed by atoms with Crippen LogP contribution in [-0.4, -0.2) is 15.1 Å². The first-order chi connectivity index (χ1) is 8.08. The van der Waals surface area contributed by atoms with Crippen molar-refractivity contribution in [2.24, 2.45) is 0 Å². The van der Waals surface area contributed by atoms with Gasteiger partial charge in [-0.3, -0.25) is 9.97 Å². The van der Waals surface area contributed by atoms with E-state index in [4.69, 9.17) is 0 Å². The molecule has 88 valence electrons. The largest absolute Gasteiger partial charge is 0.383 e. The van der Waals surface area contributed by atoms with Gasteiger partial charge in [0, 0.05) is 18.8 Å². The number of aromatic nitrogens is 2.